The van der Waals surface area contributed by atoms with Crippen molar-refractivity contribution in [1.82, 2.24) is 9.55 Å². The highest BCUT2D eigenvalue weighted by Gasteiger charge is 2.14. The van der Waals surface area contributed by atoms with Gasteiger partial charge in [0.2, 0.25) is 0 Å². The zero-order valence-corrected chi connectivity index (χ0v) is 9.03. The van der Waals surface area contributed by atoms with Crippen molar-refractivity contribution in [3.8, 4) is 0 Å². The van der Waals surface area contributed by atoms with Gasteiger partial charge in [-0.2, -0.15) is 0 Å². The van der Waals surface area contributed by atoms with E-state index >= 15 is 0 Å². The second-order valence-electron chi connectivity index (χ2n) is 3.80. The second kappa shape index (κ2) is 3.08. The number of amides is 1. The van der Waals surface area contributed by atoms with E-state index in [4.69, 9.17) is 5.73 Å². The molecular formula is C11H13N3O. The van der Waals surface area contributed by atoms with E-state index in [2.05, 4.69) is 4.98 Å². The maximum atomic E-state index is 11.3. The van der Waals surface area contributed by atoms with Gasteiger partial charge < -0.3 is 10.3 Å². The molecule has 2 aromatic heterocycles. The first kappa shape index (κ1) is 9.71. The summed E-state index contributed by atoms with van der Waals surface area (Å²) in [6.45, 7) is 3.87. The molecule has 2 N–H and O–H groups in total. The maximum absolute atomic E-state index is 11.3. The molecule has 0 saturated carbocycles. The maximum Gasteiger partial charge on any atom is 0.269 e. The molecule has 0 aliphatic heterocycles. The molecule has 0 aromatic carbocycles. The number of carbonyl (C=O) groups is 1. The van der Waals surface area contributed by atoms with Gasteiger partial charge in [0.05, 0.1) is 5.52 Å². The van der Waals surface area contributed by atoms with Crippen LogP contribution in [0.1, 0.15) is 21.7 Å². The number of aryl methyl sites for hydroxylation is 3. The van der Waals surface area contributed by atoms with Gasteiger partial charge >= 0.3 is 0 Å². The predicted octanol–water partition coefficient (Wildman–Crippen LogP) is 1.29. The van der Waals surface area contributed by atoms with Crippen molar-refractivity contribution in [2.75, 3.05) is 0 Å². The van der Waals surface area contributed by atoms with Crippen molar-refractivity contribution in [2.24, 2.45) is 12.8 Å². The largest absolute Gasteiger partial charge is 0.364 e. The van der Waals surface area contributed by atoms with Crippen molar-refractivity contribution < 1.29 is 4.79 Å². The van der Waals surface area contributed by atoms with Crippen LogP contribution in [0.3, 0.4) is 0 Å². The highest BCUT2D eigenvalue weighted by molar-refractivity contribution is 6.04. The number of nitrogens with two attached hydrogens (primary N) is 1. The Morgan fingerprint density at radius 3 is 2.73 bits per heavy atom. The molecule has 0 aliphatic carbocycles. The van der Waals surface area contributed by atoms with Crippen LogP contribution >= 0.6 is 0 Å². The fraction of sp³-hybridized carbons (Fsp3) is 0.273. The Kier molecular flexibility index (Phi) is 2.00. The highest BCUT2D eigenvalue weighted by atomic mass is 16.1. The summed E-state index contributed by atoms with van der Waals surface area (Å²) in [5.41, 5.74) is 8.41. The lowest BCUT2D eigenvalue weighted by Crippen LogP contribution is -2.15. The highest BCUT2D eigenvalue weighted by Crippen LogP contribution is 2.22. The van der Waals surface area contributed by atoms with Gasteiger partial charge in [-0.1, -0.05) is 0 Å². The van der Waals surface area contributed by atoms with E-state index < -0.39 is 5.91 Å². The van der Waals surface area contributed by atoms with Crippen molar-refractivity contribution in [1.29, 1.82) is 0 Å². The van der Waals surface area contributed by atoms with E-state index in [0.29, 0.717) is 5.69 Å². The summed E-state index contributed by atoms with van der Waals surface area (Å²) in [4.78, 5) is 15.5. The first-order chi connectivity index (χ1) is 7.00. The molecule has 0 atom stereocenters. The minimum Gasteiger partial charge on any atom is -0.364 e. The predicted molar refractivity (Wildman–Crippen MR) is 58.7 cm³/mol. The number of rotatable bonds is 1. The lowest BCUT2D eigenvalue weighted by molar-refractivity contribution is 0.0997. The van der Waals surface area contributed by atoms with Crippen LogP contribution in [-0.4, -0.2) is 15.5 Å². The second-order valence-corrected chi connectivity index (χ2v) is 3.80. The summed E-state index contributed by atoms with van der Waals surface area (Å²) < 4.78 is 1.89. The molecule has 0 radical (unpaired) electrons. The molecule has 0 saturated heterocycles. The van der Waals surface area contributed by atoms with Crippen molar-refractivity contribution in [2.45, 2.75) is 13.8 Å². The van der Waals surface area contributed by atoms with Gasteiger partial charge in [-0.05, 0) is 25.5 Å². The normalized spacial score (nSPS) is 10.9. The van der Waals surface area contributed by atoms with E-state index in [1.165, 1.54) is 0 Å². The molecule has 2 heterocycles. The molecule has 0 unspecified atom stereocenters. The van der Waals surface area contributed by atoms with Gasteiger partial charge in [-0.15, -0.1) is 0 Å². The smallest absolute Gasteiger partial charge is 0.269 e. The summed E-state index contributed by atoms with van der Waals surface area (Å²) in [6, 6.07) is 1.97. The lowest BCUT2D eigenvalue weighted by atomic mass is 10.1. The van der Waals surface area contributed by atoms with Crippen molar-refractivity contribution >= 4 is 16.8 Å². The quantitative estimate of drug-likeness (QED) is 0.759. The zero-order valence-electron chi connectivity index (χ0n) is 9.03. The fourth-order valence-corrected chi connectivity index (χ4v) is 1.92. The monoisotopic (exact) mass is 203 g/mol. The van der Waals surface area contributed by atoms with Crippen LogP contribution in [0.5, 0.6) is 0 Å². The number of pyridine rings is 1. The third-order valence-corrected chi connectivity index (χ3v) is 2.52. The Morgan fingerprint density at radius 1 is 1.47 bits per heavy atom. The lowest BCUT2D eigenvalue weighted by Gasteiger charge is -2.03. The first-order valence-electron chi connectivity index (χ1n) is 4.74. The first-order valence-corrected chi connectivity index (χ1v) is 4.74. The number of hydrogen-bond donors (Lipinski definition) is 1. The van der Waals surface area contributed by atoms with Crippen LogP contribution < -0.4 is 5.73 Å². The van der Waals surface area contributed by atoms with E-state index in [1.807, 2.05) is 37.7 Å². The topological polar surface area (TPSA) is 60.9 Å². The molecule has 0 bridgehead atoms. The molecule has 15 heavy (non-hydrogen) atoms. The fourth-order valence-electron chi connectivity index (χ4n) is 1.92. The van der Waals surface area contributed by atoms with Gasteiger partial charge in [-0.25, -0.2) is 4.98 Å². The van der Waals surface area contributed by atoms with Crippen LogP contribution in [-0.2, 0) is 7.05 Å². The van der Waals surface area contributed by atoms with E-state index in [1.54, 1.807) is 0 Å². The van der Waals surface area contributed by atoms with Crippen molar-refractivity contribution in [3.63, 3.8) is 0 Å². The Bertz CT molecular complexity index is 554. The Labute approximate surface area is 87.7 Å². The van der Waals surface area contributed by atoms with E-state index in [9.17, 15) is 4.79 Å². The molecule has 2 rings (SSSR count). The molecule has 1 amide bonds. The average Bonchev–Trinajstić information content (AvgIpc) is 2.41. The SMILES string of the molecule is Cc1cc2c(C)cn(C)c2c(C(N)=O)n1. The van der Waals surface area contributed by atoms with Crippen LogP contribution in [0.4, 0.5) is 0 Å². The molecule has 0 fully saturated rings. The standard InChI is InChI=1S/C11H13N3O/c1-6-5-14(3)10-8(6)4-7(2)13-9(10)11(12)15/h4-5H,1-3H3,(H2,12,15). The molecule has 78 valence electrons. The minimum absolute atomic E-state index is 0.348. The van der Waals surface area contributed by atoms with Crippen LogP contribution in [0, 0.1) is 13.8 Å². The molecule has 0 aliphatic rings. The zero-order chi connectivity index (χ0) is 11.2. The van der Waals surface area contributed by atoms with Gasteiger partial charge in [0.25, 0.3) is 5.91 Å². The summed E-state index contributed by atoms with van der Waals surface area (Å²) in [6.07, 6.45) is 1.97. The average molecular weight is 203 g/mol. The number of hydrogen-bond acceptors (Lipinski definition) is 2. The van der Waals surface area contributed by atoms with Gasteiger partial charge in [-0.3, -0.25) is 4.79 Å². The Morgan fingerprint density at radius 2 is 2.13 bits per heavy atom. The number of nitrogens with zero attached hydrogens (tertiary/aromatic N) is 2. The number of fused-ring (bicyclic) bond motifs is 1. The Balaban J connectivity index is 2.96. The summed E-state index contributed by atoms with van der Waals surface area (Å²) >= 11 is 0. The van der Waals surface area contributed by atoms with E-state index in [-0.39, 0.29) is 0 Å². The summed E-state index contributed by atoms with van der Waals surface area (Å²) in [7, 11) is 1.89. The number of aromatic nitrogens is 2. The summed E-state index contributed by atoms with van der Waals surface area (Å²) in [5, 5.41) is 1.04. The van der Waals surface area contributed by atoms with E-state index in [0.717, 1.165) is 22.2 Å². The molecule has 2 aromatic rings. The van der Waals surface area contributed by atoms with Gasteiger partial charge in [0.1, 0.15) is 0 Å². The van der Waals surface area contributed by atoms with Crippen molar-refractivity contribution in [3.05, 3.63) is 29.2 Å². The van der Waals surface area contributed by atoms with Gasteiger partial charge in [0, 0.05) is 24.3 Å². The molecular weight excluding hydrogens is 190 g/mol. The number of carbonyl (C=O) groups excluding carboxylic acids is 1. The molecule has 4 nitrogen and oxygen atoms in total. The third kappa shape index (κ3) is 1.38. The van der Waals surface area contributed by atoms with Crippen LogP contribution in [0.2, 0.25) is 0 Å². The third-order valence-electron chi connectivity index (χ3n) is 2.52. The summed E-state index contributed by atoms with van der Waals surface area (Å²) in [5.74, 6) is -0.482. The van der Waals surface area contributed by atoms with Crippen LogP contribution in [0.15, 0.2) is 12.3 Å². The minimum atomic E-state index is -0.482. The number of primary amides is 1. The molecule has 4 heteroatoms. The Hall–Kier alpha value is -1.84. The molecule has 0 spiro atoms. The van der Waals surface area contributed by atoms with Crippen LogP contribution in [0.25, 0.3) is 10.9 Å². The van der Waals surface area contributed by atoms with Gasteiger partial charge in [0.15, 0.2) is 5.69 Å².